The van der Waals surface area contributed by atoms with Crippen molar-refractivity contribution in [3.63, 3.8) is 0 Å². The fourth-order valence-corrected chi connectivity index (χ4v) is 5.50. The van der Waals surface area contributed by atoms with Gasteiger partial charge < -0.3 is 15.0 Å². The number of likely N-dealkylation sites (tertiary alicyclic amines) is 1. The molecule has 2 heterocycles. The molecular weight excluding hydrogens is 364 g/mol. The molecule has 1 N–H and O–H groups in total. The molecular formula is C20H30N2O2S2. The molecule has 26 heavy (non-hydrogen) atoms. The topological polar surface area (TPSA) is 41.6 Å². The summed E-state index contributed by atoms with van der Waals surface area (Å²) in [6.45, 7) is 4.28. The van der Waals surface area contributed by atoms with Crippen LogP contribution in [0.25, 0.3) is 0 Å². The minimum Gasteiger partial charge on any atom is -0.462 e. The summed E-state index contributed by atoms with van der Waals surface area (Å²) in [5.74, 6) is -0.202. The van der Waals surface area contributed by atoms with Gasteiger partial charge in [-0.1, -0.05) is 25.7 Å². The molecule has 0 bridgehead atoms. The Hall–Kier alpha value is -1.14. The van der Waals surface area contributed by atoms with Crippen LogP contribution in [0, 0.1) is 0 Å². The molecule has 1 aromatic heterocycles. The first-order valence-electron chi connectivity index (χ1n) is 10.1. The number of rotatable bonds is 3. The maximum Gasteiger partial charge on any atom is 0.341 e. The molecule has 1 aromatic rings. The van der Waals surface area contributed by atoms with Crippen molar-refractivity contribution in [2.24, 2.45) is 0 Å². The second-order valence-electron chi connectivity index (χ2n) is 7.17. The zero-order valence-electron chi connectivity index (χ0n) is 15.8. The van der Waals surface area contributed by atoms with Gasteiger partial charge >= 0.3 is 5.97 Å². The number of fused-ring (bicyclic) bond motifs is 1. The fourth-order valence-electron chi connectivity index (χ4n) is 3.88. The van der Waals surface area contributed by atoms with E-state index in [1.807, 2.05) is 6.92 Å². The van der Waals surface area contributed by atoms with Gasteiger partial charge in [0.15, 0.2) is 5.11 Å². The van der Waals surface area contributed by atoms with E-state index in [4.69, 9.17) is 17.0 Å². The first-order chi connectivity index (χ1) is 12.7. The Bertz CT molecular complexity index is 634. The largest absolute Gasteiger partial charge is 0.462 e. The Morgan fingerprint density at radius 1 is 1.08 bits per heavy atom. The summed E-state index contributed by atoms with van der Waals surface area (Å²) in [5.41, 5.74) is 1.94. The highest BCUT2D eigenvalue weighted by Gasteiger charge is 2.26. The standard InChI is InChI=1S/C20H30N2O2S2/c1-2-24-19(23)17-15-11-7-3-4-8-12-16(15)26-18(17)21-20(25)22-13-9-5-6-10-14-22/h2-14H2,1H3,(H,21,25). The summed E-state index contributed by atoms with van der Waals surface area (Å²) >= 11 is 7.40. The van der Waals surface area contributed by atoms with E-state index in [-0.39, 0.29) is 5.97 Å². The number of hydrogen-bond donors (Lipinski definition) is 1. The second-order valence-corrected chi connectivity index (χ2v) is 8.67. The fraction of sp³-hybridized carbons (Fsp3) is 0.700. The number of hydrogen-bond acceptors (Lipinski definition) is 4. The van der Waals surface area contributed by atoms with Gasteiger partial charge in [0.1, 0.15) is 5.00 Å². The zero-order valence-corrected chi connectivity index (χ0v) is 17.4. The molecule has 0 atom stereocenters. The number of thiophene rings is 1. The monoisotopic (exact) mass is 394 g/mol. The molecule has 1 fully saturated rings. The van der Waals surface area contributed by atoms with Gasteiger partial charge in [0.2, 0.25) is 0 Å². The van der Waals surface area contributed by atoms with Crippen LogP contribution in [0.5, 0.6) is 0 Å². The molecule has 0 radical (unpaired) electrons. The lowest BCUT2D eigenvalue weighted by Crippen LogP contribution is -2.35. The Morgan fingerprint density at radius 2 is 1.73 bits per heavy atom. The zero-order chi connectivity index (χ0) is 18.4. The Labute approximate surface area is 166 Å². The third kappa shape index (κ3) is 4.77. The number of ether oxygens (including phenoxy) is 1. The van der Waals surface area contributed by atoms with E-state index in [1.165, 1.54) is 55.4 Å². The summed E-state index contributed by atoms with van der Waals surface area (Å²) in [7, 11) is 0. The van der Waals surface area contributed by atoms with E-state index < -0.39 is 0 Å². The van der Waals surface area contributed by atoms with E-state index in [9.17, 15) is 4.79 Å². The van der Waals surface area contributed by atoms with Gasteiger partial charge in [-0.2, -0.15) is 0 Å². The number of thiocarbonyl (C=S) groups is 1. The predicted octanol–water partition coefficient (Wildman–Crippen LogP) is 5.16. The summed E-state index contributed by atoms with van der Waals surface area (Å²) in [4.78, 5) is 16.3. The molecule has 1 saturated heterocycles. The molecule has 0 saturated carbocycles. The van der Waals surface area contributed by atoms with Crippen molar-refractivity contribution in [3.05, 3.63) is 16.0 Å². The van der Waals surface area contributed by atoms with Crippen molar-refractivity contribution >= 4 is 39.6 Å². The summed E-state index contributed by atoms with van der Waals surface area (Å²) in [5, 5.41) is 5.07. The molecule has 2 aliphatic rings. The van der Waals surface area contributed by atoms with E-state index in [2.05, 4.69) is 10.2 Å². The van der Waals surface area contributed by atoms with Crippen LogP contribution >= 0.6 is 23.6 Å². The van der Waals surface area contributed by atoms with Crippen LogP contribution in [-0.4, -0.2) is 35.7 Å². The molecule has 1 aliphatic carbocycles. The molecule has 144 valence electrons. The van der Waals surface area contributed by atoms with Crippen LogP contribution < -0.4 is 5.32 Å². The van der Waals surface area contributed by atoms with Gasteiger partial charge in [0.25, 0.3) is 0 Å². The normalized spacial score (nSPS) is 18.3. The molecule has 0 aromatic carbocycles. The number of carbonyl (C=O) groups is 1. The Morgan fingerprint density at radius 3 is 2.42 bits per heavy atom. The highest BCUT2D eigenvalue weighted by Crippen LogP contribution is 2.37. The van der Waals surface area contributed by atoms with Gasteiger partial charge in [-0.25, -0.2) is 4.79 Å². The van der Waals surface area contributed by atoms with Gasteiger partial charge in [0.05, 0.1) is 12.2 Å². The summed E-state index contributed by atoms with van der Waals surface area (Å²) < 4.78 is 5.38. The third-order valence-corrected chi connectivity index (χ3v) is 6.83. The highest BCUT2D eigenvalue weighted by atomic mass is 32.1. The molecule has 0 amide bonds. The van der Waals surface area contributed by atoms with Gasteiger partial charge in [-0.3, -0.25) is 0 Å². The SMILES string of the molecule is CCOC(=O)c1c(NC(=S)N2CCCCCC2)sc2c1CCCCCC2. The molecule has 0 unspecified atom stereocenters. The van der Waals surface area contributed by atoms with Crippen LogP contribution in [0.4, 0.5) is 5.00 Å². The maximum absolute atomic E-state index is 12.7. The molecule has 3 rings (SSSR count). The lowest BCUT2D eigenvalue weighted by Gasteiger charge is -2.23. The minimum absolute atomic E-state index is 0.202. The van der Waals surface area contributed by atoms with E-state index in [1.54, 1.807) is 11.3 Å². The van der Waals surface area contributed by atoms with E-state index >= 15 is 0 Å². The van der Waals surface area contributed by atoms with Crippen molar-refractivity contribution < 1.29 is 9.53 Å². The first kappa shape index (κ1) is 19.6. The Balaban J connectivity index is 1.85. The number of aryl methyl sites for hydroxylation is 1. The van der Waals surface area contributed by atoms with Crippen molar-refractivity contribution in [2.75, 3.05) is 25.0 Å². The Kier molecular flexibility index (Phi) is 7.32. The molecule has 6 heteroatoms. The van der Waals surface area contributed by atoms with Crippen molar-refractivity contribution in [3.8, 4) is 0 Å². The summed E-state index contributed by atoms with van der Waals surface area (Å²) in [6.07, 6.45) is 11.8. The number of nitrogens with one attached hydrogen (secondary N) is 1. The average molecular weight is 395 g/mol. The van der Waals surface area contributed by atoms with Gasteiger partial charge in [-0.05, 0) is 63.2 Å². The van der Waals surface area contributed by atoms with Crippen LogP contribution in [0.1, 0.15) is 79.1 Å². The summed E-state index contributed by atoms with van der Waals surface area (Å²) in [6, 6.07) is 0. The molecule has 0 spiro atoms. The lowest BCUT2D eigenvalue weighted by molar-refractivity contribution is 0.0526. The molecule has 1 aliphatic heterocycles. The highest BCUT2D eigenvalue weighted by molar-refractivity contribution is 7.80. The van der Waals surface area contributed by atoms with Crippen LogP contribution in [0.3, 0.4) is 0 Å². The van der Waals surface area contributed by atoms with E-state index in [0.717, 1.165) is 48.0 Å². The maximum atomic E-state index is 12.7. The van der Waals surface area contributed by atoms with E-state index in [0.29, 0.717) is 6.61 Å². The number of nitrogens with zero attached hydrogens (tertiary/aromatic N) is 1. The molecule has 4 nitrogen and oxygen atoms in total. The minimum atomic E-state index is -0.202. The first-order valence-corrected chi connectivity index (χ1v) is 11.3. The van der Waals surface area contributed by atoms with Crippen molar-refractivity contribution in [1.29, 1.82) is 0 Å². The predicted molar refractivity (Wildman–Crippen MR) is 112 cm³/mol. The van der Waals surface area contributed by atoms with Crippen LogP contribution in [0.2, 0.25) is 0 Å². The average Bonchev–Trinajstić information content (AvgIpc) is 2.78. The van der Waals surface area contributed by atoms with Gasteiger partial charge in [-0.15, -0.1) is 11.3 Å². The quantitative estimate of drug-likeness (QED) is 0.567. The second kappa shape index (κ2) is 9.70. The number of carbonyl (C=O) groups excluding carboxylic acids is 1. The third-order valence-electron chi connectivity index (χ3n) is 5.26. The van der Waals surface area contributed by atoms with Gasteiger partial charge in [0, 0.05) is 18.0 Å². The van der Waals surface area contributed by atoms with Crippen molar-refractivity contribution in [2.45, 2.75) is 71.1 Å². The smallest absolute Gasteiger partial charge is 0.341 e. The van der Waals surface area contributed by atoms with Crippen molar-refractivity contribution in [1.82, 2.24) is 4.90 Å². The number of anilines is 1. The number of esters is 1. The lowest BCUT2D eigenvalue weighted by atomic mass is 9.96. The van der Waals surface area contributed by atoms with Crippen LogP contribution in [-0.2, 0) is 17.6 Å². The van der Waals surface area contributed by atoms with Crippen LogP contribution in [0.15, 0.2) is 0 Å².